The molecule has 0 spiro atoms. The van der Waals surface area contributed by atoms with Crippen molar-refractivity contribution < 1.29 is 19.1 Å². The molecule has 0 saturated heterocycles. The van der Waals surface area contributed by atoms with Gasteiger partial charge in [0.05, 0.1) is 0 Å². The number of rotatable bonds is 16. The smallest absolute Gasteiger partial charge is 0.408 e. The molecule has 3 amide bonds. The maximum absolute atomic E-state index is 13.4. The van der Waals surface area contributed by atoms with Crippen molar-refractivity contribution in [1.82, 2.24) is 16.0 Å². The average molecular weight is 606 g/mol. The number of alkyl carbamates (subject to hydrolysis) is 1. The highest BCUT2D eigenvalue weighted by atomic mass is 16.5. The van der Waals surface area contributed by atoms with Gasteiger partial charge in [-0.05, 0) is 66.5 Å². The molecule has 7 heteroatoms. The molecule has 4 aromatic rings. The van der Waals surface area contributed by atoms with E-state index in [1.807, 2.05) is 91.0 Å². The van der Waals surface area contributed by atoms with Gasteiger partial charge in [-0.25, -0.2) is 4.79 Å². The van der Waals surface area contributed by atoms with E-state index in [-0.39, 0.29) is 24.3 Å². The number of unbranched alkanes of at least 4 members (excludes halogenated alkanes) is 1. The molecule has 7 nitrogen and oxygen atoms in total. The van der Waals surface area contributed by atoms with Crippen molar-refractivity contribution in [2.24, 2.45) is 0 Å². The van der Waals surface area contributed by atoms with E-state index < -0.39 is 12.1 Å². The molecule has 4 aromatic carbocycles. The summed E-state index contributed by atoms with van der Waals surface area (Å²) in [5.41, 5.74) is 5.03. The van der Waals surface area contributed by atoms with E-state index in [1.165, 1.54) is 16.7 Å². The monoisotopic (exact) mass is 605 g/mol. The van der Waals surface area contributed by atoms with Crippen LogP contribution >= 0.6 is 0 Å². The molecule has 1 unspecified atom stereocenters. The van der Waals surface area contributed by atoms with Gasteiger partial charge in [-0.15, -0.1) is 0 Å². The van der Waals surface area contributed by atoms with Gasteiger partial charge in [0.15, 0.2) is 0 Å². The van der Waals surface area contributed by atoms with Crippen LogP contribution in [0.25, 0.3) is 0 Å². The Bertz CT molecular complexity index is 1420. The maximum atomic E-state index is 13.4. The van der Waals surface area contributed by atoms with Crippen LogP contribution in [0.5, 0.6) is 0 Å². The van der Waals surface area contributed by atoms with Gasteiger partial charge >= 0.3 is 6.09 Å². The lowest BCUT2D eigenvalue weighted by atomic mass is 9.88. The van der Waals surface area contributed by atoms with E-state index in [2.05, 4.69) is 47.1 Å². The molecule has 4 rings (SSSR count). The van der Waals surface area contributed by atoms with Crippen LogP contribution < -0.4 is 16.0 Å². The van der Waals surface area contributed by atoms with E-state index in [4.69, 9.17) is 4.74 Å². The van der Waals surface area contributed by atoms with Gasteiger partial charge in [-0.3, -0.25) is 9.59 Å². The number of carbonyl (C=O) groups excluding carboxylic acids is 3. The fourth-order valence-corrected chi connectivity index (χ4v) is 5.20. The van der Waals surface area contributed by atoms with Gasteiger partial charge < -0.3 is 20.7 Å². The fraction of sp³-hybridized carbons (Fsp3) is 0.289. The predicted molar refractivity (Wildman–Crippen MR) is 178 cm³/mol. The topological polar surface area (TPSA) is 96.5 Å². The van der Waals surface area contributed by atoms with Crippen LogP contribution in [-0.4, -0.2) is 37.0 Å². The summed E-state index contributed by atoms with van der Waals surface area (Å²) in [5, 5.41) is 8.75. The predicted octanol–water partition coefficient (Wildman–Crippen LogP) is 6.78. The summed E-state index contributed by atoms with van der Waals surface area (Å²) in [7, 11) is 0. The third kappa shape index (κ3) is 10.9. The molecule has 3 N–H and O–H groups in total. The molecule has 0 aliphatic carbocycles. The van der Waals surface area contributed by atoms with Gasteiger partial charge in [0.1, 0.15) is 12.6 Å². The number of hydrogen-bond donors (Lipinski definition) is 3. The van der Waals surface area contributed by atoms with Gasteiger partial charge in [-0.2, -0.15) is 0 Å². The molecule has 0 aliphatic heterocycles. The summed E-state index contributed by atoms with van der Waals surface area (Å²) >= 11 is 0. The number of nitrogens with one attached hydrogen (secondary N) is 3. The molecule has 0 aromatic heterocycles. The Morgan fingerprint density at radius 3 is 1.84 bits per heavy atom. The lowest BCUT2D eigenvalue weighted by Gasteiger charge is -2.21. The molecule has 234 valence electrons. The van der Waals surface area contributed by atoms with Crippen LogP contribution in [0.1, 0.15) is 71.1 Å². The molecule has 45 heavy (non-hydrogen) atoms. The third-order valence-electron chi connectivity index (χ3n) is 7.79. The van der Waals surface area contributed by atoms with E-state index >= 15 is 0 Å². The molecular formula is C38H43N3O4. The number of benzene rings is 4. The fourth-order valence-electron chi connectivity index (χ4n) is 5.20. The summed E-state index contributed by atoms with van der Waals surface area (Å²) < 4.78 is 5.40. The first-order valence-corrected chi connectivity index (χ1v) is 15.8. The van der Waals surface area contributed by atoms with Gasteiger partial charge in [0, 0.05) is 24.6 Å². The van der Waals surface area contributed by atoms with Gasteiger partial charge in [0.2, 0.25) is 5.91 Å². The summed E-state index contributed by atoms with van der Waals surface area (Å²) in [5.74, 6) is -0.260. The van der Waals surface area contributed by atoms with Crippen molar-refractivity contribution in [3.05, 3.63) is 143 Å². The molecule has 0 heterocycles. The highest BCUT2D eigenvalue weighted by Crippen LogP contribution is 2.27. The Morgan fingerprint density at radius 2 is 1.24 bits per heavy atom. The second-order valence-electron chi connectivity index (χ2n) is 11.0. The number of amides is 3. The van der Waals surface area contributed by atoms with Crippen LogP contribution in [0, 0.1) is 0 Å². The zero-order valence-electron chi connectivity index (χ0n) is 25.9. The summed E-state index contributed by atoms with van der Waals surface area (Å²) in [6, 6.07) is 36.7. The number of carbonyl (C=O) groups is 3. The van der Waals surface area contributed by atoms with E-state index in [1.54, 1.807) is 0 Å². The minimum atomic E-state index is -0.766. The standard InChI is InChI=1S/C38H43N3O4/c1-2-29-21-23-33(24-22-29)36(42)39-26-13-12-20-35(41-38(44)45-28-30-14-6-3-7-15-30)37(43)40-27-25-34(31-16-8-4-9-17-31)32-18-10-5-11-19-32/h3-11,14-19,21-24,34-35H,2,12-13,20,25-28H2,1H3,(H,39,42)(H,40,43)(H,41,44). The average Bonchev–Trinajstić information content (AvgIpc) is 3.09. The lowest BCUT2D eigenvalue weighted by molar-refractivity contribution is -0.123. The minimum Gasteiger partial charge on any atom is -0.445 e. The Morgan fingerprint density at radius 1 is 0.644 bits per heavy atom. The summed E-state index contributed by atoms with van der Waals surface area (Å²) in [6.45, 7) is 3.10. The van der Waals surface area contributed by atoms with Crippen LogP contribution in [0.4, 0.5) is 4.79 Å². The number of aryl methyl sites for hydroxylation is 1. The van der Waals surface area contributed by atoms with Crippen LogP contribution in [0.2, 0.25) is 0 Å². The van der Waals surface area contributed by atoms with Crippen molar-refractivity contribution in [2.75, 3.05) is 13.1 Å². The van der Waals surface area contributed by atoms with Crippen molar-refractivity contribution >= 4 is 17.9 Å². The van der Waals surface area contributed by atoms with Crippen molar-refractivity contribution in [2.45, 2.75) is 57.6 Å². The van der Waals surface area contributed by atoms with E-state index in [9.17, 15) is 14.4 Å². The molecule has 0 aliphatic rings. The van der Waals surface area contributed by atoms with E-state index in [0.29, 0.717) is 44.3 Å². The first kappa shape index (κ1) is 33.0. The van der Waals surface area contributed by atoms with E-state index in [0.717, 1.165) is 12.0 Å². The molecule has 0 radical (unpaired) electrons. The van der Waals surface area contributed by atoms with Crippen molar-refractivity contribution in [3.8, 4) is 0 Å². The molecule has 1 atom stereocenters. The number of ether oxygens (including phenoxy) is 1. The molecule has 0 saturated carbocycles. The van der Waals surface area contributed by atoms with Gasteiger partial charge in [0.25, 0.3) is 5.91 Å². The Hall–Kier alpha value is -4.91. The largest absolute Gasteiger partial charge is 0.445 e. The summed E-state index contributed by atoms with van der Waals surface area (Å²) in [4.78, 5) is 38.6. The number of hydrogen-bond acceptors (Lipinski definition) is 4. The maximum Gasteiger partial charge on any atom is 0.408 e. The first-order chi connectivity index (χ1) is 22.0. The normalized spacial score (nSPS) is 11.4. The third-order valence-corrected chi connectivity index (χ3v) is 7.79. The molecule has 0 bridgehead atoms. The highest BCUT2D eigenvalue weighted by Gasteiger charge is 2.22. The highest BCUT2D eigenvalue weighted by molar-refractivity contribution is 5.94. The van der Waals surface area contributed by atoms with Crippen LogP contribution in [-0.2, 0) is 22.6 Å². The van der Waals surface area contributed by atoms with Crippen molar-refractivity contribution in [3.63, 3.8) is 0 Å². The van der Waals surface area contributed by atoms with Crippen LogP contribution in [0.15, 0.2) is 115 Å². The minimum absolute atomic E-state index is 0.113. The SMILES string of the molecule is CCc1ccc(C(=O)NCCCCC(NC(=O)OCc2ccccc2)C(=O)NCCC(c2ccccc2)c2ccccc2)cc1. The zero-order chi connectivity index (χ0) is 31.7. The first-order valence-electron chi connectivity index (χ1n) is 15.8. The molecule has 0 fully saturated rings. The van der Waals surface area contributed by atoms with Crippen molar-refractivity contribution in [1.29, 1.82) is 0 Å². The second kappa shape index (κ2) is 18.0. The van der Waals surface area contributed by atoms with Gasteiger partial charge in [-0.1, -0.05) is 110 Å². The second-order valence-corrected chi connectivity index (χ2v) is 11.0. The Kier molecular flexibility index (Phi) is 13.2. The Labute approximate surface area is 266 Å². The lowest BCUT2D eigenvalue weighted by Crippen LogP contribution is -2.47. The Balaban J connectivity index is 1.31. The summed E-state index contributed by atoms with van der Waals surface area (Å²) in [6.07, 6.45) is 2.68. The van der Waals surface area contributed by atoms with Crippen LogP contribution in [0.3, 0.4) is 0 Å². The zero-order valence-corrected chi connectivity index (χ0v) is 25.9. The molecular weight excluding hydrogens is 562 g/mol. The quantitative estimate of drug-likeness (QED) is 0.123.